The first kappa shape index (κ1) is 24.4. The number of carboxylic acids is 1. The molecule has 4 fully saturated rings. The third-order valence-corrected chi connectivity index (χ3v) is 10.6. The van der Waals surface area contributed by atoms with Crippen molar-refractivity contribution < 1.29 is 40.5 Å². The molecular formula is C24H39O8-. The lowest BCUT2D eigenvalue weighted by Crippen LogP contribution is -2.70. The Balaban J connectivity index is 1.70. The number of carbonyl (C=O) groups excluding carboxylic acids is 1. The normalized spacial score (nSPS) is 50.1. The van der Waals surface area contributed by atoms with E-state index < -0.39 is 46.5 Å². The Labute approximate surface area is 189 Å². The van der Waals surface area contributed by atoms with Crippen molar-refractivity contribution in [2.75, 3.05) is 0 Å². The molecule has 0 bridgehead atoms. The number of fused-ring (bicyclic) bond motifs is 5. The molecule has 0 unspecified atom stereocenters. The summed E-state index contributed by atoms with van der Waals surface area (Å²) in [5.74, 6) is -6.66. The first-order valence-electron chi connectivity index (χ1n) is 12.1. The van der Waals surface area contributed by atoms with Gasteiger partial charge in [-0.3, -0.25) is 0 Å². The van der Waals surface area contributed by atoms with Crippen molar-refractivity contribution in [1.29, 1.82) is 0 Å². The van der Waals surface area contributed by atoms with E-state index in [-0.39, 0.29) is 55.3 Å². The molecule has 0 amide bonds. The molecule has 10 atom stereocenters. The van der Waals surface area contributed by atoms with Gasteiger partial charge in [-0.25, -0.2) is 0 Å². The van der Waals surface area contributed by atoms with Crippen molar-refractivity contribution in [1.82, 2.24) is 0 Å². The van der Waals surface area contributed by atoms with Crippen LogP contribution < -0.4 is 5.11 Å². The van der Waals surface area contributed by atoms with Crippen LogP contribution in [0, 0.1) is 46.3 Å². The predicted octanol–water partition coefficient (Wildman–Crippen LogP) is -0.275. The molecule has 4 aliphatic rings. The minimum Gasteiger partial charge on any atom is -0.550 e. The second kappa shape index (κ2) is 7.62. The van der Waals surface area contributed by atoms with E-state index in [1.165, 1.54) is 0 Å². The van der Waals surface area contributed by atoms with Gasteiger partial charge in [0.25, 0.3) is 0 Å². The van der Waals surface area contributed by atoms with Crippen LogP contribution in [0.25, 0.3) is 0 Å². The van der Waals surface area contributed by atoms with Crippen molar-refractivity contribution in [3.8, 4) is 0 Å². The van der Waals surface area contributed by atoms with E-state index in [2.05, 4.69) is 0 Å². The molecule has 4 saturated carbocycles. The Hall–Kier alpha value is -0.770. The van der Waals surface area contributed by atoms with E-state index in [1.54, 1.807) is 0 Å². The Morgan fingerprint density at radius 2 is 1.62 bits per heavy atom. The van der Waals surface area contributed by atoms with Gasteiger partial charge in [-0.05, 0) is 73.0 Å². The molecule has 8 nitrogen and oxygen atoms in total. The third kappa shape index (κ3) is 3.36. The van der Waals surface area contributed by atoms with Gasteiger partial charge in [-0.15, -0.1) is 0 Å². The van der Waals surface area contributed by atoms with Gasteiger partial charge in [0.1, 0.15) is 0 Å². The molecule has 6 N–H and O–H groups in total. The zero-order valence-electron chi connectivity index (χ0n) is 19.3. The summed E-state index contributed by atoms with van der Waals surface area (Å²) in [4.78, 5) is 11.0. The molecule has 0 heterocycles. The van der Waals surface area contributed by atoms with Crippen LogP contribution in [0.3, 0.4) is 0 Å². The molecule has 0 saturated heterocycles. The number of carboxylic acid groups (broad SMARTS) is 1. The molecule has 0 aromatic rings. The molecule has 0 aromatic carbocycles. The maximum absolute atomic E-state index is 11.5. The van der Waals surface area contributed by atoms with Gasteiger partial charge < -0.3 is 40.5 Å². The fraction of sp³-hybridized carbons (Fsp3) is 0.958. The van der Waals surface area contributed by atoms with Gasteiger partial charge in [0, 0.05) is 30.6 Å². The molecule has 4 aliphatic carbocycles. The Kier molecular flexibility index (Phi) is 5.80. The zero-order chi connectivity index (χ0) is 23.9. The van der Waals surface area contributed by atoms with Crippen LogP contribution in [-0.2, 0) is 4.79 Å². The highest BCUT2D eigenvalue weighted by atomic mass is 16.5. The molecule has 0 aliphatic heterocycles. The summed E-state index contributed by atoms with van der Waals surface area (Å²) in [6.45, 7) is 5.77. The van der Waals surface area contributed by atoms with E-state index in [9.17, 15) is 40.5 Å². The number of aliphatic hydroxyl groups excluding tert-OH is 2. The minimum absolute atomic E-state index is 0.0367. The average molecular weight is 456 g/mol. The quantitative estimate of drug-likeness (QED) is 0.316. The van der Waals surface area contributed by atoms with Gasteiger partial charge in [0.05, 0.1) is 12.2 Å². The van der Waals surface area contributed by atoms with Gasteiger partial charge in [-0.1, -0.05) is 20.8 Å². The van der Waals surface area contributed by atoms with Gasteiger partial charge >= 0.3 is 0 Å². The summed E-state index contributed by atoms with van der Waals surface area (Å²) < 4.78 is 0. The fourth-order valence-corrected chi connectivity index (χ4v) is 8.71. The predicted molar refractivity (Wildman–Crippen MR) is 111 cm³/mol. The SMILES string of the molecule is C[C@H](CCC(=O)[O-])[C@H]1CC[C@H]2[C@@H]3[C@H](O)[C@H](O)[C@@H]4CC(O)(O)CC[C@]4(C)[C@H]3CC(O)(O)[C@]12C. The molecule has 184 valence electrons. The van der Waals surface area contributed by atoms with Crippen molar-refractivity contribution >= 4 is 5.97 Å². The molecule has 0 aromatic heterocycles. The molecular weight excluding hydrogens is 416 g/mol. The number of aliphatic carboxylic acids is 1. The fourth-order valence-electron chi connectivity index (χ4n) is 8.71. The third-order valence-electron chi connectivity index (χ3n) is 10.6. The highest BCUT2D eigenvalue weighted by Gasteiger charge is 2.72. The maximum atomic E-state index is 11.5. The lowest BCUT2D eigenvalue weighted by atomic mass is 9.41. The van der Waals surface area contributed by atoms with Gasteiger partial charge in [-0.2, -0.15) is 0 Å². The van der Waals surface area contributed by atoms with Crippen molar-refractivity contribution in [3.63, 3.8) is 0 Å². The number of carbonyl (C=O) groups is 1. The second-order valence-electron chi connectivity index (χ2n) is 11.9. The van der Waals surface area contributed by atoms with Crippen molar-refractivity contribution in [2.45, 2.75) is 95.9 Å². The monoisotopic (exact) mass is 455 g/mol. The van der Waals surface area contributed by atoms with E-state index >= 15 is 0 Å². The molecule has 0 radical (unpaired) electrons. The smallest absolute Gasteiger partial charge is 0.168 e. The highest BCUT2D eigenvalue weighted by Crippen LogP contribution is 2.70. The lowest BCUT2D eigenvalue weighted by molar-refractivity contribution is -0.343. The van der Waals surface area contributed by atoms with Crippen molar-refractivity contribution in [2.24, 2.45) is 46.3 Å². The molecule has 0 spiro atoms. The Bertz CT molecular complexity index is 752. The molecule has 8 heteroatoms. The van der Waals surface area contributed by atoms with E-state index in [0.29, 0.717) is 25.7 Å². The summed E-state index contributed by atoms with van der Waals surface area (Å²) in [7, 11) is 0. The van der Waals surface area contributed by atoms with Crippen LogP contribution in [0.4, 0.5) is 0 Å². The molecule has 4 rings (SSSR count). The van der Waals surface area contributed by atoms with Crippen LogP contribution in [0.2, 0.25) is 0 Å². The van der Waals surface area contributed by atoms with Crippen LogP contribution in [0.1, 0.15) is 72.1 Å². The molecule has 32 heavy (non-hydrogen) atoms. The van der Waals surface area contributed by atoms with E-state index in [4.69, 9.17) is 0 Å². The van der Waals surface area contributed by atoms with E-state index in [1.807, 2.05) is 20.8 Å². The summed E-state index contributed by atoms with van der Waals surface area (Å²) in [6, 6.07) is 0. The van der Waals surface area contributed by atoms with Crippen LogP contribution in [0.5, 0.6) is 0 Å². The zero-order valence-corrected chi connectivity index (χ0v) is 19.3. The Morgan fingerprint density at radius 1 is 0.969 bits per heavy atom. The lowest BCUT2D eigenvalue weighted by Gasteiger charge is -2.66. The number of hydrogen-bond acceptors (Lipinski definition) is 8. The minimum atomic E-state index is -2.02. The number of hydrogen-bond donors (Lipinski definition) is 6. The topological polar surface area (TPSA) is 162 Å². The van der Waals surface area contributed by atoms with Crippen molar-refractivity contribution in [3.05, 3.63) is 0 Å². The van der Waals surface area contributed by atoms with Crippen LogP contribution in [-0.4, -0.2) is 60.4 Å². The standard InChI is InChI=1S/C24H40O8/c1-12(4-7-17(25)26)13-5-6-14-18-15(11-24(31,32)22(13,14)3)21(2)8-9-23(29,30)10-16(21)19(27)20(18)28/h12-16,18-20,27-32H,4-11H2,1-3H3,(H,25,26)/p-1/t12-,13-,14+,15+,16+,18+,19-,20+,21-,22-/m1/s1. The number of rotatable bonds is 4. The summed E-state index contributed by atoms with van der Waals surface area (Å²) in [5.41, 5.74) is -1.51. The van der Waals surface area contributed by atoms with Crippen LogP contribution >= 0.6 is 0 Å². The first-order chi connectivity index (χ1) is 14.7. The second-order valence-corrected chi connectivity index (χ2v) is 11.9. The Morgan fingerprint density at radius 3 is 2.25 bits per heavy atom. The van der Waals surface area contributed by atoms with Gasteiger partial charge in [0.15, 0.2) is 11.6 Å². The van der Waals surface area contributed by atoms with Crippen LogP contribution in [0.15, 0.2) is 0 Å². The average Bonchev–Trinajstić information content (AvgIpc) is 3.05. The summed E-state index contributed by atoms with van der Waals surface area (Å²) >= 11 is 0. The number of aliphatic hydroxyl groups is 6. The highest BCUT2D eigenvalue weighted by molar-refractivity contribution is 5.64. The maximum Gasteiger partial charge on any atom is 0.168 e. The summed E-state index contributed by atoms with van der Waals surface area (Å²) in [5, 5.41) is 76.8. The van der Waals surface area contributed by atoms with Gasteiger partial charge in [0.2, 0.25) is 0 Å². The first-order valence-corrected chi connectivity index (χ1v) is 12.1. The largest absolute Gasteiger partial charge is 0.550 e. The van der Waals surface area contributed by atoms with E-state index in [0.717, 1.165) is 0 Å². The summed E-state index contributed by atoms with van der Waals surface area (Å²) in [6.07, 6.45) is -0.0148.